The van der Waals surface area contributed by atoms with Crippen molar-refractivity contribution in [2.24, 2.45) is 7.05 Å². The van der Waals surface area contributed by atoms with Gasteiger partial charge in [0.1, 0.15) is 16.5 Å². The van der Waals surface area contributed by atoms with Crippen molar-refractivity contribution in [3.8, 4) is 35.4 Å². The summed E-state index contributed by atoms with van der Waals surface area (Å²) in [5.41, 5.74) is -0.366. The second-order valence-corrected chi connectivity index (χ2v) is 5.28. The highest BCUT2D eigenvalue weighted by Gasteiger charge is 2.24. The van der Waals surface area contributed by atoms with E-state index < -0.39 is 24.3 Å². The molecule has 0 aliphatic heterocycles. The molecule has 0 amide bonds. The molecule has 142 valence electrons. The topological polar surface area (TPSA) is 54.7 Å². The molecule has 2 aromatic rings. The number of hydrogen-bond donors (Lipinski definition) is 0. The zero-order chi connectivity index (χ0) is 19.4. The molecule has 0 unspecified atom stereocenters. The summed E-state index contributed by atoms with van der Waals surface area (Å²) in [6.45, 7) is 0.218. The second-order valence-electron chi connectivity index (χ2n) is 4.49. The molecule has 1 aromatic carbocycles. The third kappa shape index (κ3) is 4.28. The van der Waals surface area contributed by atoms with Crippen LogP contribution in [0.15, 0.2) is 24.7 Å². The number of alkyl halides is 2. The Labute approximate surface area is 158 Å². The van der Waals surface area contributed by atoms with Crippen molar-refractivity contribution >= 4 is 23.2 Å². The summed E-state index contributed by atoms with van der Waals surface area (Å²) in [6, 6.07) is 2.02. The van der Waals surface area contributed by atoms with Crippen LogP contribution >= 0.6 is 23.2 Å². The standard InChI is InChI=1S/C15H9Cl2F3N2O4.2H2/c1-4-23-26-7(2)24-11-5-8(10(18)6-9(11)16)13-12(17)14(22(3)21-13)25-15(19)20;;/h1,5-6,15H,2H2,3H3;2*1H. The zero-order valence-electron chi connectivity index (χ0n) is 12.9. The van der Waals surface area contributed by atoms with Gasteiger partial charge in [-0.3, -0.25) is 0 Å². The quantitative estimate of drug-likeness (QED) is 0.276. The number of aromatic nitrogens is 2. The number of rotatable bonds is 7. The van der Waals surface area contributed by atoms with Crippen molar-refractivity contribution in [2.45, 2.75) is 6.61 Å². The van der Waals surface area contributed by atoms with Crippen molar-refractivity contribution < 1.29 is 35.3 Å². The Morgan fingerprint density at radius 3 is 2.73 bits per heavy atom. The maximum Gasteiger partial charge on any atom is 0.388 e. The van der Waals surface area contributed by atoms with Gasteiger partial charge in [0.2, 0.25) is 5.88 Å². The molecule has 0 radical (unpaired) electrons. The fourth-order valence-electron chi connectivity index (χ4n) is 1.87. The Bertz CT molecular complexity index is 891. The van der Waals surface area contributed by atoms with E-state index in [9.17, 15) is 13.2 Å². The lowest BCUT2D eigenvalue weighted by Gasteiger charge is -2.10. The van der Waals surface area contributed by atoms with Gasteiger partial charge in [-0.2, -0.15) is 13.9 Å². The molecule has 11 heteroatoms. The molecule has 0 N–H and O–H groups in total. The first-order valence-corrected chi connectivity index (χ1v) is 7.32. The minimum absolute atomic E-state index is 0. The molecule has 1 heterocycles. The lowest BCUT2D eigenvalue weighted by atomic mass is 10.1. The first-order valence-electron chi connectivity index (χ1n) is 6.57. The van der Waals surface area contributed by atoms with Crippen LogP contribution in [0.2, 0.25) is 10.0 Å². The average Bonchev–Trinajstić information content (AvgIpc) is 2.83. The third-order valence-corrected chi connectivity index (χ3v) is 3.46. The summed E-state index contributed by atoms with van der Waals surface area (Å²) >= 11 is 11.9. The highest BCUT2D eigenvalue weighted by molar-refractivity contribution is 6.34. The van der Waals surface area contributed by atoms with E-state index in [1.807, 2.05) is 0 Å². The molecule has 0 fully saturated rings. The fourth-order valence-corrected chi connectivity index (χ4v) is 2.36. The lowest BCUT2D eigenvalue weighted by Crippen LogP contribution is -2.06. The number of hydrogen-bond acceptors (Lipinski definition) is 5. The van der Waals surface area contributed by atoms with Crippen molar-refractivity contribution in [1.29, 1.82) is 0 Å². The molecule has 0 bridgehead atoms. The van der Waals surface area contributed by atoms with Gasteiger partial charge in [-0.1, -0.05) is 29.6 Å². The van der Waals surface area contributed by atoms with Crippen LogP contribution < -0.4 is 9.47 Å². The van der Waals surface area contributed by atoms with Crippen LogP contribution in [0.25, 0.3) is 11.3 Å². The van der Waals surface area contributed by atoms with Gasteiger partial charge in [0.05, 0.1) is 5.02 Å². The summed E-state index contributed by atoms with van der Waals surface area (Å²) in [7, 11) is 1.30. The molecular formula is C15H13Cl2F3N2O4. The van der Waals surface area contributed by atoms with Crippen LogP contribution in [0.5, 0.6) is 11.6 Å². The smallest absolute Gasteiger partial charge is 0.388 e. The molecule has 6 nitrogen and oxygen atoms in total. The Morgan fingerprint density at radius 2 is 2.12 bits per heavy atom. The van der Waals surface area contributed by atoms with E-state index in [2.05, 4.69) is 26.2 Å². The molecule has 1 aromatic heterocycles. The summed E-state index contributed by atoms with van der Waals surface area (Å²) in [4.78, 5) is 8.65. The van der Waals surface area contributed by atoms with Crippen LogP contribution in [0.1, 0.15) is 2.85 Å². The van der Waals surface area contributed by atoms with E-state index in [1.165, 1.54) is 7.05 Å². The van der Waals surface area contributed by atoms with E-state index in [0.29, 0.717) is 0 Å². The van der Waals surface area contributed by atoms with E-state index in [1.54, 1.807) is 6.11 Å². The minimum Gasteiger partial charge on any atom is -0.422 e. The van der Waals surface area contributed by atoms with E-state index in [4.69, 9.17) is 34.4 Å². The number of ether oxygens (including phenoxy) is 2. The summed E-state index contributed by atoms with van der Waals surface area (Å²) in [5.74, 6) is -1.77. The summed E-state index contributed by atoms with van der Waals surface area (Å²) in [6.07, 6.45) is 6.54. The van der Waals surface area contributed by atoms with Gasteiger partial charge in [0.15, 0.2) is 11.9 Å². The van der Waals surface area contributed by atoms with Gasteiger partial charge in [-0.25, -0.2) is 18.8 Å². The van der Waals surface area contributed by atoms with Crippen molar-refractivity contribution in [3.05, 3.63) is 40.5 Å². The molecule has 0 aliphatic carbocycles. The van der Waals surface area contributed by atoms with Crippen molar-refractivity contribution in [3.63, 3.8) is 0 Å². The predicted molar refractivity (Wildman–Crippen MR) is 90.3 cm³/mol. The fraction of sp³-hybridized carbons (Fsp3) is 0.133. The van der Waals surface area contributed by atoms with Crippen LogP contribution in [0, 0.1) is 18.3 Å². The van der Waals surface area contributed by atoms with Gasteiger partial charge in [-0.05, 0) is 18.7 Å². The Balaban J connectivity index is 0.00000364. The molecule has 0 atom stereocenters. The normalized spacial score (nSPS) is 10.4. The highest BCUT2D eigenvalue weighted by Crippen LogP contribution is 2.40. The second kappa shape index (κ2) is 8.12. The SMILES string of the molecule is C#COOC(=C)Oc1cc(-c2nn(C)c(OC(F)F)c2Cl)c(F)cc1Cl.[HH].[HH]. The number of nitrogens with zero attached hydrogens (tertiary/aromatic N) is 2. The molecule has 0 saturated carbocycles. The summed E-state index contributed by atoms with van der Waals surface area (Å²) in [5, 5.41) is 3.40. The van der Waals surface area contributed by atoms with Gasteiger partial charge in [0, 0.05) is 15.5 Å². The van der Waals surface area contributed by atoms with Crippen molar-refractivity contribution in [1.82, 2.24) is 9.78 Å². The zero-order valence-corrected chi connectivity index (χ0v) is 14.4. The van der Waals surface area contributed by atoms with E-state index in [0.717, 1.165) is 16.8 Å². The number of halogens is 5. The van der Waals surface area contributed by atoms with E-state index >= 15 is 0 Å². The average molecular weight is 413 g/mol. The van der Waals surface area contributed by atoms with Gasteiger partial charge >= 0.3 is 12.6 Å². The Kier molecular flexibility index (Phi) is 6.13. The van der Waals surface area contributed by atoms with Crippen molar-refractivity contribution in [2.75, 3.05) is 0 Å². The molecule has 2 rings (SSSR count). The molecule has 0 spiro atoms. The maximum atomic E-state index is 14.3. The minimum atomic E-state index is -3.14. The third-order valence-electron chi connectivity index (χ3n) is 2.82. The van der Waals surface area contributed by atoms with Gasteiger partial charge in [0.25, 0.3) is 0 Å². The lowest BCUT2D eigenvalue weighted by molar-refractivity contribution is -0.224. The number of benzene rings is 1. The van der Waals surface area contributed by atoms with Gasteiger partial charge in [-0.15, -0.1) is 0 Å². The molecule has 0 saturated heterocycles. The number of terminal acetylenes is 1. The molecule has 0 aliphatic rings. The summed E-state index contributed by atoms with van der Waals surface area (Å²) < 4.78 is 49.5. The molecular weight excluding hydrogens is 400 g/mol. The van der Waals surface area contributed by atoms with E-state index in [-0.39, 0.29) is 29.9 Å². The number of aryl methyl sites for hydroxylation is 1. The van der Waals surface area contributed by atoms with Crippen LogP contribution in [0.3, 0.4) is 0 Å². The predicted octanol–water partition coefficient (Wildman–Crippen LogP) is 5.02. The monoisotopic (exact) mass is 412 g/mol. The maximum absolute atomic E-state index is 14.3. The molecule has 26 heavy (non-hydrogen) atoms. The first-order chi connectivity index (χ1) is 12.2. The van der Waals surface area contributed by atoms with Crippen LogP contribution in [-0.2, 0) is 16.8 Å². The largest absolute Gasteiger partial charge is 0.422 e. The first kappa shape index (κ1) is 19.6. The highest BCUT2D eigenvalue weighted by atomic mass is 35.5. The van der Waals surface area contributed by atoms with Gasteiger partial charge < -0.3 is 9.47 Å². The Hall–Kier alpha value is -2.70. The van der Waals surface area contributed by atoms with Crippen LogP contribution in [0.4, 0.5) is 13.2 Å². The Morgan fingerprint density at radius 1 is 1.42 bits per heavy atom. The van der Waals surface area contributed by atoms with Crippen LogP contribution in [-0.4, -0.2) is 16.4 Å².